The third kappa shape index (κ3) is 2.88. The van der Waals surface area contributed by atoms with Crippen LogP contribution in [0.3, 0.4) is 0 Å². The molecule has 0 unspecified atom stereocenters. The molecule has 0 fully saturated rings. The highest BCUT2D eigenvalue weighted by atomic mass is 32.1. The van der Waals surface area contributed by atoms with E-state index in [4.69, 9.17) is 0 Å². The Morgan fingerprint density at radius 2 is 1.92 bits per heavy atom. The first-order valence-electron chi connectivity index (χ1n) is 8.30. The Morgan fingerprint density at radius 1 is 1.12 bits per heavy atom. The van der Waals surface area contributed by atoms with Gasteiger partial charge in [-0.2, -0.15) is 0 Å². The zero-order valence-corrected chi connectivity index (χ0v) is 15.3. The van der Waals surface area contributed by atoms with E-state index >= 15 is 0 Å². The van der Waals surface area contributed by atoms with Gasteiger partial charge in [0.05, 0.1) is 16.4 Å². The summed E-state index contributed by atoms with van der Waals surface area (Å²) in [4.78, 5) is 21.6. The highest BCUT2D eigenvalue weighted by Gasteiger charge is 2.29. The lowest BCUT2D eigenvalue weighted by molar-refractivity contribution is -0.120. The molecule has 0 saturated carbocycles. The van der Waals surface area contributed by atoms with Gasteiger partial charge < -0.3 is 5.32 Å². The SMILES string of the molecule is CC(C)(C(=O)Nc1ccc2c(c1)ncn2-c1nccs1)c1ccccc1. The fourth-order valence-corrected chi connectivity index (χ4v) is 3.48. The number of nitrogens with zero attached hydrogens (tertiary/aromatic N) is 3. The van der Waals surface area contributed by atoms with Gasteiger partial charge in [-0.15, -0.1) is 11.3 Å². The summed E-state index contributed by atoms with van der Waals surface area (Å²) >= 11 is 1.55. The first-order valence-corrected chi connectivity index (χ1v) is 9.17. The number of rotatable bonds is 4. The Balaban J connectivity index is 1.61. The van der Waals surface area contributed by atoms with Gasteiger partial charge in [0.25, 0.3) is 0 Å². The summed E-state index contributed by atoms with van der Waals surface area (Å²) in [5.74, 6) is -0.0533. The zero-order chi connectivity index (χ0) is 18.1. The van der Waals surface area contributed by atoms with Crippen LogP contribution in [0.4, 0.5) is 5.69 Å². The third-order valence-corrected chi connectivity index (χ3v) is 5.26. The van der Waals surface area contributed by atoms with Crippen molar-refractivity contribution in [3.05, 3.63) is 72.0 Å². The van der Waals surface area contributed by atoms with Crippen molar-refractivity contribution in [1.82, 2.24) is 14.5 Å². The summed E-state index contributed by atoms with van der Waals surface area (Å²) in [5.41, 5.74) is 2.86. The van der Waals surface area contributed by atoms with E-state index in [-0.39, 0.29) is 5.91 Å². The van der Waals surface area contributed by atoms with Crippen molar-refractivity contribution in [2.75, 3.05) is 5.32 Å². The Labute approximate surface area is 155 Å². The Bertz CT molecular complexity index is 1050. The van der Waals surface area contributed by atoms with Crippen LogP contribution in [0, 0.1) is 0 Å². The average Bonchev–Trinajstić information content (AvgIpc) is 3.31. The highest BCUT2D eigenvalue weighted by molar-refractivity contribution is 7.12. The van der Waals surface area contributed by atoms with E-state index in [1.165, 1.54) is 0 Å². The van der Waals surface area contributed by atoms with Crippen LogP contribution >= 0.6 is 11.3 Å². The first-order chi connectivity index (χ1) is 12.6. The number of aromatic nitrogens is 3. The number of thiazole rings is 1. The van der Waals surface area contributed by atoms with E-state index in [0.717, 1.165) is 27.4 Å². The van der Waals surface area contributed by atoms with Crippen molar-refractivity contribution in [2.45, 2.75) is 19.3 Å². The quantitative estimate of drug-likeness (QED) is 0.585. The molecule has 0 atom stereocenters. The zero-order valence-electron chi connectivity index (χ0n) is 14.5. The van der Waals surface area contributed by atoms with Crippen molar-refractivity contribution < 1.29 is 4.79 Å². The summed E-state index contributed by atoms with van der Waals surface area (Å²) < 4.78 is 1.94. The number of carbonyl (C=O) groups excluding carboxylic acids is 1. The number of imidazole rings is 1. The van der Waals surface area contributed by atoms with Crippen LogP contribution in [0.1, 0.15) is 19.4 Å². The predicted octanol–water partition coefficient (Wildman–Crippen LogP) is 4.40. The van der Waals surface area contributed by atoms with Crippen LogP contribution in [0.5, 0.6) is 0 Å². The van der Waals surface area contributed by atoms with Crippen molar-refractivity contribution >= 4 is 34.0 Å². The number of nitrogens with one attached hydrogen (secondary N) is 1. The van der Waals surface area contributed by atoms with Crippen LogP contribution in [-0.2, 0) is 10.2 Å². The van der Waals surface area contributed by atoms with E-state index in [1.54, 1.807) is 23.9 Å². The smallest absolute Gasteiger partial charge is 0.234 e. The molecule has 0 saturated heterocycles. The second-order valence-corrected chi connectivity index (χ2v) is 7.45. The molecule has 6 heteroatoms. The molecule has 130 valence electrons. The van der Waals surface area contributed by atoms with Gasteiger partial charge in [0.1, 0.15) is 6.33 Å². The number of amides is 1. The molecule has 2 aromatic carbocycles. The summed E-state index contributed by atoms with van der Waals surface area (Å²) in [6, 6.07) is 15.5. The molecule has 4 aromatic rings. The maximum absolute atomic E-state index is 12.8. The Morgan fingerprint density at radius 3 is 2.65 bits per heavy atom. The van der Waals surface area contributed by atoms with E-state index in [9.17, 15) is 4.79 Å². The molecule has 0 bridgehead atoms. The second-order valence-electron chi connectivity index (χ2n) is 6.58. The van der Waals surface area contributed by atoms with E-state index in [0.29, 0.717) is 0 Å². The maximum Gasteiger partial charge on any atom is 0.234 e. The monoisotopic (exact) mass is 362 g/mol. The van der Waals surface area contributed by atoms with Gasteiger partial charge in [0.2, 0.25) is 5.91 Å². The molecule has 0 aliphatic rings. The molecule has 1 N–H and O–H groups in total. The van der Waals surface area contributed by atoms with Crippen LogP contribution in [0.15, 0.2) is 66.4 Å². The maximum atomic E-state index is 12.8. The number of fused-ring (bicyclic) bond motifs is 1. The topological polar surface area (TPSA) is 59.8 Å². The van der Waals surface area contributed by atoms with Gasteiger partial charge >= 0.3 is 0 Å². The predicted molar refractivity (Wildman–Crippen MR) is 105 cm³/mol. The summed E-state index contributed by atoms with van der Waals surface area (Å²) in [6.07, 6.45) is 3.52. The molecule has 0 aliphatic carbocycles. The number of carbonyl (C=O) groups is 1. The molecule has 2 aromatic heterocycles. The minimum atomic E-state index is -0.629. The average molecular weight is 362 g/mol. The fourth-order valence-electron chi connectivity index (χ4n) is 2.85. The van der Waals surface area contributed by atoms with Gasteiger partial charge in [-0.05, 0) is 37.6 Å². The van der Waals surface area contributed by atoms with Crippen molar-refractivity contribution in [3.63, 3.8) is 0 Å². The largest absolute Gasteiger partial charge is 0.325 e. The van der Waals surface area contributed by atoms with Gasteiger partial charge in [0, 0.05) is 17.3 Å². The summed E-state index contributed by atoms with van der Waals surface area (Å²) in [5, 5.41) is 5.82. The van der Waals surface area contributed by atoms with E-state index in [2.05, 4.69) is 15.3 Å². The molecule has 5 nitrogen and oxygen atoms in total. The first kappa shape index (κ1) is 16.5. The van der Waals surface area contributed by atoms with Crippen LogP contribution < -0.4 is 5.32 Å². The molecule has 0 radical (unpaired) electrons. The molecule has 1 amide bonds. The molecular weight excluding hydrogens is 344 g/mol. The molecule has 4 rings (SSSR count). The molecule has 0 spiro atoms. The van der Waals surface area contributed by atoms with Gasteiger partial charge in [-0.25, -0.2) is 9.97 Å². The molecular formula is C20H18N4OS. The molecule has 2 heterocycles. The fraction of sp³-hybridized carbons (Fsp3) is 0.150. The summed E-state index contributed by atoms with van der Waals surface area (Å²) in [6.45, 7) is 3.85. The van der Waals surface area contributed by atoms with Gasteiger partial charge in [-0.1, -0.05) is 30.3 Å². The molecule has 26 heavy (non-hydrogen) atoms. The second kappa shape index (κ2) is 6.38. The van der Waals surface area contributed by atoms with Crippen LogP contribution in [0.2, 0.25) is 0 Å². The number of benzene rings is 2. The number of hydrogen-bond donors (Lipinski definition) is 1. The van der Waals surface area contributed by atoms with Crippen molar-refractivity contribution in [1.29, 1.82) is 0 Å². The Kier molecular flexibility index (Phi) is 4.05. The van der Waals surface area contributed by atoms with E-state index < -0.39 is 5.41 Å². The number of hydrogen-bond acceptors (Lipinski definition) is 4. The highest BCUT2D eigenvalue weighted by Crippen LogP contribution is 2.27. The minimum Gasteiger partial charge on any atom is -0.325 e. The normalized spacial score (nSPS) is 11.6. The summed E-state index contributed by atoms with van der Waals surface area (Å²) in [7, 11) is 0. The van der Waals surface area contributed by atoms with Gasteiger partial charge in [0.15, 0.2) is 5.13 Å². The number of anilines is 1. The Hall–Kier alpha value is -2.99. The lowest BCUT2D eigenvalue weighted by Crippen LogP contribution is -2.34. The van der Waals surface area contributed by atoms with Crippen molar-refractivity contribution in [2.24, 2.45) is 0 Å². The lowest BCUT2D eigenvalue weighted by atomic mass is 9.83. The lowest BCUT2D eigenvalue weighted by Gasteiger charge is -2.24. The molecule has 0 aliphatic heterocycles. The van der Waals surface area contributed by atoms with Crippen LogP contribution in [-0.4, -0.2) is 20.4 Å². The van der Waals surface area contributed by atoms with Gasteiger partial charge in [-0.3, -0.25) is 9.36 Å². The standard InChI is InChI=1S/C20H18N4OS/c1-20(2,14-6-4-3-5-7-14)18(25)23-15-8-9-17-16(12-15)22-13-24(17)19-21-10-11-26-19/h3-13H,1-2H3,(H,23,25). The van der Waals surface area contributed by atoms with Crippen molar-refractivity contribution in [3.8, 4) is 5.13 Å². The van der Waals surface area contributed by atoms with E-state index in [1.807, 2.05) is 72.3 Å². The third-order valence-electron chi connectivity index (χ3n) is 4.49. The minimum absolute atomic E-state index is 0.0533. The van der Waals surface area contributed by atoms with Crippen LogP contribution in [0.25, 0.3) is 16.2 Å².